The molecule has 0 aliphatic rings. The molecule has 0 fully saturated rings. The highest BCUT2D eigenvalue weighted by Crippen LogP contribution is 2.11. The Labute approximate surface area is 197 Å². The van der Waals surface area contributed by atoms with Crippen LogP contribution < -0.4 is 10.6 Å². The maximum atomic E-state index is 11.8. The molecule has 6 nitrogen and oxygen atoms in total. The summed E-state index contributed by atoms with van der Waals surface area (Å²) in [5, 5.41) is 5.68. The van der Waals surface area contributed by atoms with E-state index in [2.05, 4.69) is 29.0 Å². The summed E-state index contributed by atoms with van der Waals surface area (Å²) in [6.45, 7) is 15.6. The standard InChI is InChI=1S/C26H51N3O3/c1-6-8-9-10-11-12-13-14-15-16-21-29(22-17-19-27-24(30)7-2)23-18-20-28-25(31)32-26(3,4)5/h7H,2,6,8-23H2,1,3-5H3,(H,27,30)(H,28,31). The Morgan fingerprint density at radius 1 is 0.781 bits per heavy atom. The quantitative estimate of drug-likeness (QED) is 0.180. The van der Waals surface area contributed by atoms with Gasteiger partial charge in [-0.05, 0) is 65.7 Å². The van der Waals surface area contributed by atoms with Gasteiger partial charge in [0.25, 0.3) is 0 Å². The average molecular weight is 454 g/mol. The van der Waals surface area contributed by atoms with E-state index >= 15 is 0 Å². The number of unbranched alkanes of at least 4 members (excludes halogenated alkanes) is 9. The number of hydrogen-bond donors (Lipinski definition) is 2. The largest absolute Gasteiger partial charge is 0.444 e. The SMILES string of the molecule is C=CC(=O)NCCCN(CCCCCCCCCCCC)CCCNC(=O)OC(C)(C)C. The van der Waals surface area contributed by atoms with Gasteiger partial charge in [0.1, 0.15) is 5.60 Å². The van der Waals surface area contributed by atoms with Crippen LogP contribution >= 0.6 is 0 Å². The minimum atomic E-state index is -0.471. The first-order valence-corrected chi connectivity index (χ1v) is 12.9. The van der Waals surface area contributed by atoms with E-state index in [1.165, 1.54) is 70.3 Å². The van der Waals surface area contributed by atoms with Gasteiger partial charge in [0, 0.05) is 13.1 Å². The molecule has 32 heavy (non-hydrogen) atoms. The van der Waals surface area contributed by atoms with Crippen LogP contribution in [0.25, 0.3) is 0 Å². The van der Waals surface area contributed by atoms with E-state index in [-0.39, 0.29) is 12.0 Å². The van der Waals surface area contributed by atoms with Crippen LogP contribution in [0.3, 0.4) is 0 Å². The summed E-state index contributed by atoms with van der Waals surface area (Å²) in [5.41, 5.74) is -0.471. The van der Waals surface area contributed by atoms with Gasteiger partial charge < -0.3 is 20.3 Å². The first-order valence-electron chi connectivity index (χ1n) is 12.9. The molecular formula is C26H51N3O3. The lowest BCUT2D eigenvalue weighted by atomic mass is 10.1. The third-order valence-corrected chi connectivity index (χ3v) is 5.28. The van der Waals surface area contributed by atoms with Crippen LogP contribution in [0, 0.1) is 0 Å². The highest BCUT2D eigenvalue weighted by Gasteiger charge is 2.15. The molecule has 0 aromatic carbocycles. The number of ether oxygens (including phenoxy) is 1. The Balaban J connectivity index is 4.06. The molecule has 0 aromatic rings. The third-order valence-electron chi connectivity index (χ3n) is 5.28. The topological polar surface area (TPSA) is 70.7 Å². The number of carbonyl (C=O) groups is 2. The second-order valence-electron chi connectivity index (χ2n) is 9.65. The van der Waals surface area contributed by atoms with Gasteiger partial charge in [-0.3, -0.25) is 4.79 Å². The van der Waals surface area contributed by atoms with Crippen LogP contribution in [0.2, 0.25) is 0 Å². The van der Waals surface area contributed by atoms with Crippen molar-refractivity contribution in [2.24, 2.45) is 0 Å². The predicted molar refractivity (Wildman–Crippen MR) is 135 cm³/mol. The van der Waals surface area contributed by atoms with Crippen LogP contribution in [-0.2, 0) is 9.53 Å². The number of amides is 2. The fourth-order valence-electron chi connectivity index (χ4n) is 3.55. The van der Waals surface area contributed by atoms with Crippen molar-refractivity contribution in [1.29, 1.82) is 0 Å². The molecule has 0 atom stereocenters. The van der Waals surface area contributed by atoms with Crippen LogP contribution in [0.5, 0.6) is 0 Å². The van der Waals surface area contributed by atoms with E-state index in [0.29, 0.717) is 13.1 Å². The molecular weight excluding hydrogens is 402 g/mol. The van der Waals surface area contributed by atoms with Gasteiger partial charge in [-0.25, -0.2) is 4.79 Å². The summed E-state index contributed by atoms with van der Waals surface area (Å²) in [6.07, 6.45) is 16.1. The molecule has 2 amide bonds. The molecule has 0 saturated heterocycles. The Kier molecular flexibility index (Phi) is 19.1. The molecule has 0 bridgehead atoms. The van der Waals surface area contributed by atoms with E-state index in [1.54, 1.807) is 0 Å². The molecule has 0 aliphatic heterocycles. The van der Waals surface area contributed by atoms with Gasteiger partial charge in [-0.15, -0.1) is 0 Å². The molecule has 0 aromatic heterocycles. The lowest BCUT2D eigenvalue weighted by molar-refractivity contribution is -0.116. The summed E-state index contributed by atoms with van der Waals surface area (Å²) in [6, 6.07) is 0. The van der Waals surface area contributed by atoms with Gasteiger partial charge >= 0.3 is 6.09 Å². The van der Waals surface area contributed by atoms with Gasteiger partial charge in [0.15, 0.2) is 0 Å². The van der Waals surface area contributed by atoms with Crippen molar-refractivity contribution in [1.82, 2.24) is 15.5 Å². The van der Waals surface area contributed by atoms with Gasteiger partial charge in [-0.2, -0.15) is 0 Å². The number of hydrogen-bond acceptors (Lipinski definition) is 4. The van der Waals surface area contributed by atoms with E-state index in [1.807, 2.05) is 20.8 Å². The molecule has 0 radical (unpaired) electrons. The van der Waals surface area contributed by atoms with Gasteiger partial charge in [0.2, 0.25) is 5.91 Å². The summed E-state index contributed by atoms with van der Waals surface area (Å²) >= 11 is 0. The summed E-state index contributed by atoms with van der Waals surface area (Å²) in [7, 11) is 0. The highest BCUT2D eigenvalue weighted by molar-refractivity contribution is 5.86. The van der Waals surface area contributed by atoms with Crippen LogP contribution in [0.1, 0.15) is 105 Å². The number of carbonyl (C=O) groups excluding carboxylic acids is 2. The lowest BCUT2D eigenvalue weighted by Gasteiger charge is -2.23. The smallest absolute Gasteiger partial charge is 0.407 e. The predicted octanol–water partition coefficient (Wildman–Crippen LogP) is 5.82. The molecule has 0 rings (SSSR count). The Morgan fingerprint density at radius 3 is 1.75 bits per heavy atom. The third kappa shape index (κ3) is 21.7. The van der Waals surface area contributed by atoms with Crippen molar-refractivity contribution in [3.63, 3.8) is 0 Å². The normalized spacial score (nSPS) is 11.4. The average Bonchev–Trinajstić information content (AvgIpc) is 2.73. The second-order valence-corrected chi connectivity index (χ2v) is 9.65. The minimum absolute atomic E-state index is 0.118. The molecule has 0 saturated carbocycles. The van der Waals surface area contributed by atoms with Crippen molar-refractivity contribution in [2.45, 2.75) is 110 Å². The van der Waals surface area contributed by atoms with Crippen LogP contribution in [-0.4, -0.2) is 55.2 Å². The Morgan fingerprint density at radius 2 is 1.25 bits per heavy atom. The number of rotatable bonds is 20. The Bertz CT molecular complexity index is 489. The second kappa shape index (κ2) is 20.1. The fourth-order valence-corrected chi connectivity index (χ4v) is 3.55. The summed E-state index contributed by atoms with van der Waals surface area (Å²) in [5.74, 6) is -0.118. The van der Waals surface area contributed by atoms with E-state index < -0.39 is 5.60 Å². The van der Waals surface area contributed by atoms with Gasteiger partial charge in [-0.1, -0.05) is 71.3 Å². The van der Waals surface area contributed by atoms with Crippen molar-refractivity contribution >= 4 is 12.0 Å². The molecule has 6 heteroatoms. The molecule has 0 aliphatic carbocycles. The zero-order valence-corrected chi connectivity index (χ0v) is 21.5. The summed E-state index contributed by atoms with van der Waals surface area (Å²) in [4.78, 5) is 25.5. The Hall–Kier alpha value is -1.56. The minimum Gasteiger partial charge on any atom is -0.444 e. The molecule has 0 spiro atoms. The molecule has 2 N–H and O–H groups in total. The van der Waals surface area contributed by atoms with Crippen molar-refractivity contribution in [2.75, 3.05) is 32.7 Å². The number of nitrogens with one attached hydrogen (secondary N) is 2. The maximum absolute atomic E-state index is 11.8. The highest BCUT2D eigenvalue weighted by atomic mass is 16.6. The molecule has 0 heterocycles. The summed E-state index contributed by atoms with van der Waals surface area (Å²) < 4.78 is 5.28. The number of nitrogens with zero attached hydrogens (tertiary/aromatic N) is 1. The molecule has 0 unspecified atom stereocenters. The lowest BCUT2D eigenvalue weighted by Crippen LogP contribution is -2.35. The zero-order chi connectivity index (χ0) is 24.1. The first-order chi connectivity index (χ1) is 15.3. The zero-order valence-electron chi connectivity index (χ0n) is 21.5. The van der Waals surface area contributed by atoms with E-state index in [9.17, 15) is 9.59 Å². The van der Waals surface area contributed by atoms with E-state index in [4.69, 9.17) is 4.74 Å². The van der Waals surface area contributed by atoms with Crippen LogP contribution in [0.4, 0.5) is 4.79 Å². The monoisotopic (exact) mass is 453 g/mol. The van der Waals surface area contributed by atoms with Crippen molar-refractivity contribution in [3.8, 4) is 0 Å². The van der Waals surface area contributed by atoms with E-state index in [0.717, 1.165) is 32.5 Å². The van der Waals surface area contributed by atoms with Crippen LogP contribution in [0.15, 0.2) is 12.7 Å². The first kappa shape index (κ1) is 30.4. The molecule has 188 valence electrons. The van der Waals surface area contributed by atoms with Gasteiger partial charge in [0.05, 0.1) is 0 Å². The fraction of sp³-hybridized carbons (Fsp3) is 0.846. The number of alkyl carbamates (subject to hydrolysis) is 1. The van der Waals surface area contributed by atoms with Crippen molar-refractivity contribution < 1.29 is 14.3 Å². The van der Waals surface area contributed by atoms with Crippen molar-refractivity contribution in [3.05, 3.63) is 12.7 Å². The maximum Gasteiger partial charge on any atom is 0.407 e.